The number of nitrogens with zero attached hydrogens (tertiary/aromatic N) is 1. The van der Waals surface area contributed by atoms with Crippen LogP contribution in [-0.2, 0) is 16.1 Å². The third-order valence-electron chi connectivity index (χ3n) is 4.32. The molecular formula is C19H29N3O3. The van der Waals surface area contributed by atoms with Crippen molar-refractivity contribution >= 4 is 12.0 Å². The van der Waals surface area contributed by atoms with Gasteiger partial charge in [0.2, 0.25) is 5.91 Å². The van der Waals surface area contributed by atoms with Gasteiger partial charge in [0.1, 0.15) is 5.60 Å². The first-order valence-electron chi connectivity index (χ1n) is 8.98. The van der Waals surface area contributed by atoms with Crippen molar-refractivity contribution in [3.63, 3.8) is 0 Å². The highest BCUT2D eigenvalue weighted by atomic mass is 16.6. The number of hydrogen-bond donors (Lipinski definition) is 2. The van der Waals surface area contributed by atoms with E-state index in [2.05, 4.69) is 15.6 Å². The molecule has 2 amide bonds. The lowest BCUT2D eigenvalue weighted by Crippen LogP contribution is -2.38. The number of rotatable bonds is 5. The molecule has 1 aliphatic rings. The van der Waals surface area contributed by atoms with Crippen molar-refractivity contribution in [1.29, 1.82) is 0 Å². The molecule has 138 valence electrons. The molecule has 1 fully saturated rings. The van der Waals surface area contributed by atoms with Gasteiger partial charge < -0.3 is 15.4 Å². The second-order valence-corrected chi connectivity index (χ2v) is 7.64. The molecule has 6 heteroatoms. The topological polar surface area (TPSA) is 80.3 Å². The fraction of sp³-hybridized carbons (Fsp3) is 0.632. The van der Waals surface area contributed by atoms with Gasteiger partial charge in [-0.1, -0.05) is 6.07 Å². The Morgan fingerprint density at radius 3 is 2.48 bits per heavy atom. The smallest absolute Gasteiger partial charge is 0.407 e. The Morgan fingerprint density at radius 1 is 1.16 bits per heavy atom. The maximum Gasteiger partial charge on any atom is 0.407 e. The normalized spacial score (nSPS) is 20.6. The van der Waals surface area contributed by atoms with Crippen LogP contribution in [0.1, 0.15) is 52.1 Å². The van der Waals surface area contributed by atoms with E-state index >= 15 is 0 Å². The summed E-state index contributed by atoms with van der Waals surface area (Å²) in [6.07, 6.45) is 4.95. The minimum Gasteiger partial charge on any atom is -0.444 e. The van der Waals surface area contributed by atoms with E-state index in [1.807, 2.05) is 39.0 Å². The van der Waals surface area contributed by atoms with E-state index in [9.17, 15) is 9.59 Å². The van der Waals surface area contributed by atoms with E-state index in [1.54, 1.807) is 6.20 Å². The maximum atomic E-state index is 12.3. The number of amides is 2. The van der Waals surface area contributed by atoms with Crippen LogP contribution < -0.4 is 10.6 Å². The van der Waals surface area contributed by atoms with Crippen LogP contribution in [0.3, 0.4) is 0 Å². The molecule has 0 unspecified atom stereocenters. The van der Waals surface area contributed by atoms with Crippen LogP contribution in [0.2, 0.25) is 0 Å². The summed E-state index contributed by atoms with van der Waals surface area (Å²) in [5, 5.41) is 5.80. The molecule has 25 heavy (non-hydrogen) atoms. The van der Waals surface area contributed by atoms with Gasteiger partial charge in [0.25, 0.3) is 0 Å². The highest BCUT2D eigenvalue weighted by Gasteiger charge is 2.26. The zero-order chi connectivity index (χ0) is 18.3. The van der Waals surface area contributed by atoms with Crippen LogP contribution in [0.25, 0.3) is 0 Å². The minimum absolute atomic E-state index is 0.0569. The molecule has 0 saturated heterocycles. The average Bonchev–Trinajstić information content (AvgIpc) is 2.58. The lowest BCUT2D eigenvalue weighted by molar-refractivity contribution is -0.126. The second kappa shape index (κ2) is 8.83. The third-order valence-corrected chi connectivity index (χ3v) is 4.32. The van der Waals surface area contributed by atoms with E-state index in [-0.39, 0.29) is 17.9 Å². The number of aromatic nitrogens is 1. The zero-order valence-electron chi connectivity index (χ0n) is 15.4. The van der Waals surface area contributed by atoms with Crippen molar-refractivity contribution in [1.82, 2.24) is 15.6 Å². The number of carbonyl (C=O) groups excluding carboxylic acids is 2. The molecule has 6 nitrogen and oxygen atoms in total. The largest absolute Gasteiger partial charge is 0.444 e. The maximum absolute atomic E-state index is 12.3. The van der Waals surface area contributed by atoms with Crippen LogP contribution in [0.5, 0.6) is 0 Å². The molecular weight excluding hydrogens is 318 g/mol. The molecule has 2 rings (SSSR count). The van der Waals surface area contributed by atoms with E-state index in [0.29, 0.717) is 19.0 Å². The van der Waals surface area contributed by atoms with Crippen molar-refractivity contribution in [2.45, 2.75) is 58.6 Å². The predicted molar refractivity (Wildman–Crippen MR) is 95.8 cm³/mol. The van der Waals surface area contributed by atoms with Gasteiger partial charge in [0, 0.05) is 18.7 Å². The Morgan fingerprint density at radius 2 is 1.88 bits per heavy atom. The first kappa shape index (κ1) is 19.2. The van der Waals surface area contributed by atoms with Gasteiger partial charge in [0.15, 0.2) is 0 Å². The summed E-state index contributed by atoms with van der Waals surface area (Å²) in [5.74, 6) is 0.568. The molecule has 1 heterocycles. The Hall–Kier alpha value is -2.11. The zero-order valence-corrected chi connectivity index (χ0v) is 15.4. The lowest BCUT2D eigenvalue weighted by Gasteiger charge is -2.28. The first-order chi connectivity index (χ1) is 11.8. The Labute approximate surface area is 149 Å². The number of ether oxygens (including phenoxy) is 1. The Kier molecular flexibility index (Phi) is 6.79. The summed E-state index contributed by atoms with van der Waals surface area (Å²) in [5.41, 5.74) is 0.388. The fourth-order valence-corrected chi connectivity index (χ4v) is 3.00. The van der Waals surface area contributed by atoms with E-state index in [1.165, 1.54) is 0 Å². The fourth-order valence-electron chi connectivity index (χ4n) is 3.00. The van der Waals surface area contributed by atoms with Crippen LogP contribution in [0.4, 0.5) is 4.79 Å². The molecule has 0 spiro atoms. The van der Waals surface area contributed by atoms with E-state index in [4.69, 9.17) is 4.74 Å². The monoisotopic (exact) mass is 347 g/mol. The second-order valence-electron chi connectivity index (χ2n) is 7.64. The number of carbonyl (C=O) groups is 2. The molecule has 1 aromatic rings. The van der Waals surface area contributed by atoms with Crippen molar-refractivity contribution in [2.75, 3.05) is 6.54 Å². The van der Waals surface area contributed by atoms with E-state index in [0.717, 1.165) is 31.4 Å². The first-order valence-corrected chi connectivity index (χ1v) is 8.98. The molecule has 0 atom stereocenters. The van der Waals surface area contributed by atoms with Crippen LogP contribution in [0, 0.1) is 11.8 Å². The number of hydrogen-bond acceptors (Lipinski definition) is 4. The van der Waals surface area contributed by atoms with Crippen LogP contribution in [0.15, 0.2) is 24.4 Å². The van der Waals surface area contributed by atoms with Crippen LogP contribution in [-0.4, -0.2) is 29.1 Å². The summed E-state index contributed by atoms with van der Waals surface area (Å²) in [6, 6.07) is 5.68. The number of alkyl carbamates (subject to hydrolysis) is 1. The highest BCUT2D eigenvalue weighted by molar-refractivity contribution is 5.78. The number of nitrogens with one attached hydrogen (secondary N) is 2. The summed E-state index contributed by atoms with van der Waals surface area (Å²) in [6.45, 7) is 6.63. The highest BCUT2D eigenvalue weighted by Crippen LogP contribution is 2.28. The SMILES string of the molecule is CC(C)(C)OC(=O)NCC1CCC(C(=O)NCc2ccccn2)CC1. The van der Waals surface area contributed by atoms with Gasteiger partial charge >= 0.3 is 6.09 Å². The predicted octanol–water partition coefficient (Wildman–Crippen LogP) is 3.03. The quantitative estimate of drug-likeness (QED) is 0.858. The molecule has 1 aliphatic carbocycles. The molecule has 1 saturated carbocycles. The van der Waals surface area contributed by atoms with Gasteiger partial charge in [-0.05, 0) is 64.5 Å². The lowest BCUT2D eigenvalue weighted by atomic mass is 9.81. The molecule has 1 aromatic heterocycles. The summed E-state index contributed by atoms with van der Waals surface area (Å²) < 4.78 is 5.24. The van der Waals surface area contributed by atoms with Gasteiger partial charge in [-0.2, -0.15) is 0 Å². The van der Waals surface area contributed by atoms with E-state index < -0.39 is 5.60 Å². The molecule has 0 radical (unpaired) electrons. The Bertz CT molecular complexity index is 561. The summed E-state index contributed by atoms with van der Waals surface area (Å²) in [7, 11) is 0. The molecule has 2 N–H and O–H groups in total. The third kappa shape index (κ3) is 7.11. The van der Waals surface area contributed by atoms with Crippen molar-refractivity contribution in [2.24, 2.45) is 11.8 Å². The average molecular weight is 347 g/mol. The van der Waals surface area contributed by atoms with Gasteiger partial charge in [0.05, 0.1) is 12.2 Å². The van der Waals surface area contributed by atoms with Crippen molar-refractivity contribution in [3.05, 3.63) is 30.1 Å². The van der Waals surface area contributed by atoms with Gasteiger partial charge in [-0.15, -0.1) is 0 Å². The molecule has 0 bridgehead atoms. The van der Waals surface area contributed by atoms with Crippen LogP contribution >= 0.6 is 0 Å². The molecule has 0 aliphatic heterocycles. The number of pyridine rings is 1. The summed E-state index contributed by atoms with van der Waals surface area (Å²) >= 11 is 0. The molecule has 0 aromatic carbocycles. The van der Waals surface area contributed by atoms with Crippen molar-refractivity contribution in [3.8, 4) is 0 Å². The van der Waals surface area contributed by atoms with Gasteiger partial charge in [-0.3, -0.25) is 9.78 Å². The Balaban J connectivity index is 1.65. The standard InChI is InChI=1S/C19H29N3O3/c1-19(2,3)25-18(24)22-12-14-7-9-15(10-8-14)17(23)21-13-16-6-4-5-11-20-16/h4-6,11,14-15H,7-10,12-13H2,1-3H3,(H,21,23)(H,22,24). The summed E-state index contributed by atoms with van der Waals surface area (Å²) in [4.78, 5) is 28.2. The minimum atomic E-state index is -0.479. The van der Waals surface area contributed by atoms with Gasteiger partial charge in [-0.25, -0.2) is 4.79 Å². The van der Waals surface area contributed by atoms with Crippen molar-refractivity contribution < 1.29 is 14.3 Å².